The van der Waals surface area contributed by atoms with E-state index in [1.807, 2.05) is 24.0 Å². The van der Waals surface area contributed by atoms with E-state index in [1.54, 1.807) is 16.3 Å². The highest BCUT2D eigenvalue weighted by Crippen LogP contribution is 2.36. The van der Waals surface area contributed by atoms with Gasteiger partial charge in [0.1, 0.15) is 16.4 Å². The number of hydrogen-bond acceptors (Lipinski definition) is 9. The van der Waals surface area contributed by atoms with E-state index in [2.05, 4.69) is 25.4 Å². The molecule has 2 N–H and O–H groups in total. The molecule has 1 aliphatic rings. The molecule has 4 heterocycles. The van der Waals surface area contributed by atoms with Gasteiger partial charge < -0.3 is 14.9 Å². The van der Waals surface area contributed by atoms with E-state index in [4.69, 9.17) is 14.9 Å². The summed E-state index contributed by atoms with van der Waals surface area (Å²) in [6.45, 7) is 2.70. The highest BCUT2D eigenvalue weighted by molar-refractivity contribution is 7.13. The first-order chi connectivity index (χ1) is 14.6. The van der Waals surface area contributed by atoms with E-state index in [0.29, 0.717) is 28.9 Å². The van der Waals surface area contributed by atoms with Crippen LogP contribution in [0.4, 0.5) is 0 Å². The van der Waals surface area contributed by atoms with Crippen molar-refractivity contribution in [3.05, 3.63) is 36.1 Å². The molecule has 154 valence electrons. The van der Waals surface area contributed by atoms with Crippen LogP contribution < -0.4 is 5.73 Å². The molecule has 4 aromatic rings. The number of thiazole rings is 1. The average Bonchev–Trinajstić information content (AvgIpc) is 3.48. The van der Waals surface area contributed by atoms with E-state index in [0.717, 1.165) is 18.4 Å². The topological polar surface area (TPSA) is 140 Å². The molecule has 0 atom stereocenters. The molecule has 30 heavy (non-hydrogen) atoms. The van der Waals surface area contributed by atoms with Crippen molar-refractivity contribution in [1.82, 2.24) is 34.7 Å². The molecule has 0 aliphatic heterocycles. The molecule has 1 amide bonds. The van der Waals surface area contributed by atoms with Crippen molar-refractivity contribution in [3.63, 3.8) is 0 Å². The number of aromatic nitrogens is 7. The molecule has 0 saturated heterocycles. The number of carbonyl (C=O) groups is 1. The lowest BCUT2D eigenvalue weighted by Gasteiger charge is -2.34. The number of rotatable bonds is 7. The fourth-order valence-corrected chi connectivity index (χ4v) is 4.16. The molecule has 0 unspecified atom stereocenters. The van der Waals surface area contributed by atoms with E-state index in [9.17, 15) is 4.79 Å². The molecule has 12 heteroatoms. The number of primary amides is 1. The normalized spacial score (nSPS) is 18.4. The van der Waals surface area contributed by atoms with Gasteiger partial charge in [-0.1, -0.05) is 0 Å². The maximum absolute atomic E-state index is 11.3. The largest absolute Gasteiger partial charge is 0.422 e. The highest BCUT2D eigenvalue weighted by Gasteiger charge is 2.33. The van der Waals surface area contributed by atoms with Gasteiger partial charge in [-0.05, 0) is 19.8 Å². The average molecular weight is 426 g/mol. The van der Waals surface area contributed by atoms with Crippen molar-refractivity contribution < 1.29 is 13.9 Å². The molecular formula is C18H18N8O3S. The SMILES string of the molecule is CCOC1CC(n2cc(-n3cc(-c4nc(C(N)=O)cs4)cn3)c(-c3nnco3)n2)C1. The Balaban J connectivity index is 1.47. The zero-order valence-corrected chi connectivity index (χ0v) is 16.8. The first kappa shape index (κ1) is 18.6. The van der Waals surface area contributed by atoms with Crippen LogP contribution in [0.15, 0.2) is 34.8 Å². The number of hydrogen-bond donors (Lipinski definition) is 1. The van der Waals surface area contributed by atoms with E-state index < -0.39 is 5.91 Å². The molecule has 4 aromatic heterocycles. The molecule has 0 spiro atoms. The fourth-order valence-electron chi connectivity index (χ4n) is 3.38. The predicted octanol–water partition coefficient (Wildman–Crippen LogP) is 2.08. The van der Waals surface area contributed by atoms with Crippen molar-refractivity contribution in [2.75, 3.05) is 6.61 Å². The van der Waals surface area contributed by atoms with Crippen molar-refractivity contribution >= 4 is 17.2 Å². The van der Waals surface area contributed by atoms with Gasteiger partial charge in [0.25, 0.3) is 11.8 Å². The summed E-state index contributed by atoms with van der Waals surface area (Å²) in [5.74, 6) is -0.248. The van der Waals surface area contributed by atoms with E-state index in [1.165, 1.54) is 17.7 Å². The van der Waals surface area contributed by atoms with Crippen LogP contribution in [0.1, 0.15) is 36.3 Å². The number of carbonyl (C=O) groups excluding carboxylic acids is 1. The van der Waals surface area contributed by atoms with Crippen molar-refractivity contribution in [1.29, 1.82) is 0 Å². The van der Waals surface area contributed by atoms with Crippen LogP contribution in [0, 0.1) is 0 Å². The lowest BCUT2D eigenvalue weighted by molar-refractivity contribution is -0.0226. The minimum Gasteiger partial charge on any atom is -0.422 e. The molecule has 1 aliphatic carbocycles. The summed E-state index contributed by atoms with van der Waals surface area (Å²) in [5.41, 5.74) is 7.53. The van der Waals surface area contributed by atoms with Gasteiger partial charge in [-0.15, -0.1) is 21.5 Å². The molecule has 5 rings (SSSR count). The van der Waals surface area contributed by atoms with Crippen LogP contribution in [0.2, 0.25) is 0 Å². The number of amides is 1. The maximum Gasteiger partial charge on any atom is 0.270 e. The Kier molecular flexibility index (Phi) is 4.64. The Bertz CT molecular complexity index is 1170. The number of ether oxygens (including phenoxy) is 1. The zero-order chi connectivity index (χ0) is 20.7. The fraction of sp³-hybridized carbons (Fsp3) is 0.333. The Hall–Kier alpha value is -3.38. The summed E-state index contributed by atoms with van der Waals surface area (Å²) in [6.07, 6.45) is 8.73. The predicted molar refractivity (Wildman–Crippen MR) is 106 cm³/mol. The summed E-state index contributed by atoms with van der Waals surface area (Å²) in [7, 11) is 0. The first-order valence-electron chi connectivity index (χ1n) is 9.40. The summed E-state index contributed by atoms with van der Waals surface area (Å²) in [6, 6.07) is 0.240. The Labute approximate surface area is 174 Å². The van der Waals surface area contributed by atoms with E-state index in [-0.39, 0.29) is 17.8 Å². The summed E-state index contributed by atoms with van der Waals surface area (Å²) in [4.78, 5) is 15.6. The maximum atomic E-state index is 11.3. The molecule has 0 bridgehead atoms. The van der Waals surface area contributed by atoms with Gasteiger partial charge >= 0.3 is 0 Å². The summed E-state index contributed by atoms with van der Waals surface area (Å²) < 4.78 is 14.6. The molecule has 0 radical (unpaired) electrons. The van der Waals surface area contributed by atoms with Gasteiger partial charge in [-0.3, -0.25) is 9.48 Å². The Morgan fingerprint density at radius 1 is 1.40 bits per heavy atom. The van der Waals surface area contributed by atoms with Crippen LogP contribution in [-0.4, -0.2) is 53.4 Å². The summed E-state index contributed by atoms with van der Waals surface area (Å²) in [5, 5.41) is 19.2. The smallest absolute Gasteiger partial charge is 0.270 e. The van der Waals surface area contributed by atoms with Crippen LogP contribution in [0.3, 0.4) is 0 Å². The quantitative estimate of drug-likeness (QED) is 0.474. The molecule has 1 saturated carbocycles. The molecule has 11 nitrogen and oxygen atoms in total. The lowest BCUT2D eigenvalue weighted by atomic mass is 9.89. The zero-order valence-electron chi connectivity index (χ0n) is 16.0. The number of nitrogens with two attached hydrogens (primary N) is 1. The minimum absolute atomic E-state index is 0.232. The van der Waals surface area contributed by atoms with E-state index >= 15 is 0 Å². The van der Waals surface area contributed by atoms with Gasteiger partial charge in [0.05, 0.1) is 24.5 Å². The van der Waals surface area contributed by atoms with Gasteiger partial charge in [-0.25, -0.2) is 9.67 Å². The van der Waals surface area contributed by atoms with Crippen LogP contribution in [0.25, 0.3) is 27.8 Å². The second-order valence-corrected chi connectivity index (χ2v) is 7.72. The third-order valence-electron chi connectivity index (χ3n) is 4.95. The molecule has 1 fully saturated rings. The Morgan fingerprint density at radius 3 is 2.97 bits per heavy atom. The third-order valence-corrected chi connectivity index (χ3v) is 5.85. The minimum atomic E-state index is -0.560. The van der Waals surface area contributed by atoms with Gasteiger partial charge in [-0.2, -0.15) is 10.2 Å². The standard InChI is InChI=1S/C18H18N8O3S/c1-2-28-12-3-11(4-12)25-7-14(15(24-25)17-23-20-9-29-17)26-6-10(5-21-26)18-22-13(8-30-18)16(19)27/h5-9,11-12H,2-4H2,1H3,(H2,19,27). The van der Waals surface area contributed by atoms with Gasteiger partial charge in [0.15, 0.2) is 5.69 Å². The van der Waals surface area contributed by atoms with Crippen LogP contribution in [0.5, 0.6) is 0 Å². The molecule has 0 aromatic carbocycles. The Morgan fingerprint density at radius 2 is 2.27 bits per heavy atom. The van der Waals surface area contributed by atoms with Crippen LogP contribution >= 0.6 is 11.3 Å². The monoisotopic (exact) mass is 426 g/mol. The van der Waals surface area contributed by atoms with Crippen molar-refractivity contribution in [2.45, 2.75) is 31.9 Å². The van der Waals surface area contributed by atoms with Gasteiger partial charge in [0.2, 0.25) is 6.39 Å². The second kappa shape index (κ2) is 7.46. The van der Waals surface area contributed by atoms with Gasteiger partial charge in [0, 0.05) is 23.7 Å². The highest BCUT2D eigenvalue weighted by atomic mass is 32.1. The third kappa shape index (κ3) is 3.29. The van der Waals surface area contributed by atoms with Crippen molar-refractivity contribution in [2.24, 2.45) is 5.73 Å². The van der Waals surface area contributed by atoms with Crippen LogP contribution in [-0.2, 0) is 4.74 Å². The summed E-state index contributed by atoms with van der Waals surface area (Å²) >= 11 is 1.33. The molecular weight excluding hydrogens is 408 g/mol. The first-order valence-corrected chi connectivity index (χ1v) is 10.3. The number of nitrogens with zero attached hydrogens (tertiary/aromatic N) is 7. The lowest BCUT2D eigenvalue weighted by Crippen LogP contribution is -2.33. The second-order valence-electron chi connectivity index (χ2n) is 6.87. The van der Waals surface area contributed by atoms with Crippen molar-refractivity contribution in [3.8, 4) is 27.8 Å².